The van der Waals surface area contributed by atoms with Gasteiger partial charge in [0, 0.05) is 39.2 Å². The summed E-state index contributed by atoms with van der Waals surface area (Å²) in [6, 6.07) is -1.99. The number of halogens is 3. The second kappa shape index (κ2) is 19.6. The molecule has 6 amide bonds. The molecule has 0 radical (unpaired) electrons. The van der Waals surface area contributed by atoms with Crippen LogP contribution in [0.4, 0.5) is 13.2 Å². The Morgan fingerprint density at radius 2 is 1.50 bits per heavy atom. The highest BCUT2D eigenvalue weighted by molar-refractivity contribution is 7.88. The van der Waals surface area contributed by atoms with Crippen LogP contribution < -0.4 is 20.7 Å². The minimum Gasteiger partial charge on any atom is -0.461 e. The van der Waals surface area contributed by atoms with Crippen LogP contribution in [0.3, 0.4) is 0 Å². The van der Waals surface area contributed by atoms with E-state index in [-0.39, 0.29) is 48.9 Å². The van der Waals surface area contributed by atoms with Crippen LogP contribution in [0.25, 0.3) is 0 Å². The number of rotatable bonds is 10. The summed E-state index contributed by atoms with van der Waals surface area (Å²) in [5.74, 6) is -9.38. The average molecular weight is 892 g/mol. The Morgan fingerprint density at radius 3 is 2.11 bits per heavy atom. The second-order valence-electron chi connectivity index (χ2n) is 16.6. The van der Waals surface area contributed by atoms with Gasteiger partial charge in [-0.3, -0.25) is 28.8 Å². The molecule has 21 heteroatoms. The van der Waals surface area contributed by atoms with Crippen molar-refractivity contribution < 1.29 is 59.9 Å². The molecule has 3 heterocycles. The Balaban J connectivity index is 1.52. The number of nitrogens with one attached hydrogen (secondary N) is 4. The van der Waals surface area contributed by atoms with Gasteiger partial charge in [0.15, 0.2) is 0 Å². The molecule has 0 aromatic heterocycles. The lowest BCUT2D eigenvalue weighted by Gasteiger charge is -2.35. The van der Waals surface area contributed by atoms with Crippen molar-refractivity contribution in [3.63, 3.8) is 0 Å². The molecule has 0 aliphatic carbocycles. The van der Waals surface area contributed by atoms with Crippen LogP contribution >= 0.6 is 0 Å². The Kier molecular flexibility index (Phi) is 15.0. The molecular weight excluding hydrogens is 840 g/mol. The fourth-order valence-electron chi connectivity index (χ4n) is 7.98. The van der Waals surface area contributed by atoms with E-state index in [0.29, 0.717) is 11.6 Å². The highest BCUT2D eigenvalue weighted by Gasteiger charge is 2.46. The van der Waals surface area contributed by atoms with Crippen LogP contribution in [-0.2, 0) is 61.2 Å². The van der Waals surface area contributed by atoms with Crippen molar-refractivity contribution in [2.45, 2.75) is 89.6 Å². The number of hydrogen-bond donors (Lipinski definition) is 4. The third kappa shape index (κ3) is 11.9. The number of hydrogen-bond acceptors (Lipinski definition) is 10. The summed E-state index contributed by atoms with van der Waals surface area (Å²) in [5, 5.41) is 7.48. The van der Waals surface area contributed by atoms with Gasteiger partial charge in [-0.25, -0.2) is 31.1 Å². The van der Waals surface area contributed by atoms with E-state index >= 15 is 0 Å². The van der Waals surface area contributed by atoms with Crippen LogP contribution in [0, 0.1) is 36.2 Å². The first kappa shape index (κ1) is 47.5. The predicted molar refractivity (Wildman–Crippen MR) is 215 cm³/mol. The number of sulfonamides is 1. The molecule has 62 heavy (non-hydrogen) atoms. The SMILES string of the molecule is Cc1ccc(CC(=O)N[C@@H](Cc2cc(F)cc(F)c2)C(=O)N[C@H]2COC(=O)[C@@H]3C[C@@H](C)CN3C(=O)[C@H](C)NC(=O)[C@H](CNS(C)(=O)=O)N(C)C(=O)[C@@H]3CC(C)CN3C2=O)c(F)c1. The molecule has 338 valence electrons. The maximum atomic E-state index is 14.7. The predicted octanol–water partition coefficient (Wildman–Crippen LogP) is 0.0788. The van der Waals surface area contributed by atoms with Gasteiger partial charge in [0.1, 0.15) is 60.3 Å². The highest BCUT2D eigenvalue weighted by atomic mass is 32.2. The summed E-state index contributed by atoms with van der Waals surface area (Å²) in [6.07, 6.45) is -0.00280. The number of carbonyl (C=O) groups is 7. The number of cyclic esters (lactones) is 1. The highest BCUT2D eigenvalue weighted by Crippen LogP contribution is 2.28. The number of fused-ring (bicyclic) bond motifs is 2. The van der Waals surface area contributed by atoms with Gasteiger partial charge < -0.3 is 35.4 Å². The maximum Gasteiger partial charge on any atom is 0.328 e. The molecule has 3 saturated heterocycles. The first-order valence-corrected chi connectivity index (χ1v) is 22.0. The van der Waals surface area contributed by atoms with Crippen LogP contribution in [0.1, 0.15) is 50.3 Å². The molecular formula is C41H52F3N7O10S. The fourth-order valence-corrected chi connectivity index (χ4v) is 8.44. The van der Waals surface area contributed by atoms with E-state index in [1.54, 1.807) is 26.8 Å². The van der Waals surface area contributed by atoms with Gasteiger partial charge in [0.2, 0.25) is 45.5 Å². The summed E-state index contributed by atoms with van der Waals surface area (Å²) in [7, 11) is -2.66. The number of carbonyl (C=O) groups excluding carboxylic acids is 7. The summed E-state index contributed by atoms with van der Waals surface area (Å²) in [6.45, 7) is 5.14. The van der Waals surface area contributed by atoms with Crippen molar-refractivity contribution in [3.05, 3.63) is 70.5 Å². The van der Waals surface area contributed by atoms with Gasteiger partial charge in [-0.1, -0.05) is 26.0 Å². The van der Waals surface area contributed by atoms with Crippen molar-refractivity contribution in [2.75, 3.05) is 39.5 Å². The molecule has 2 aromatic rings. The van der Waals surface area contributed by atoms with Gasteiger partial charge in [-0.15, -0.1) is 0 Å². The first-order chi connectivity index (χ1) is 29.0. The van der Waals surface area contributed by atoms with Crippen molar-refractivity contribution in [2.24, 2.45) is 11.8 Å². The van der Waals surface area contributed by atoms with Crippen LogP contribution in [0.15, 0.2) is 36.4 Å². The molecule has 1 unspecified atom stereocenters. The Morgan fingerprint density at radius 1 is 0.887 bits per heavy atom. The van der Waals surface area contributed by atoms with Crippen LogP contribution in [0.5, 0.6) is 0 Å². The number of likely N-dealkylation sites (N-methyl/N-ethyl adjacent to an activating group) is 1. The largest absolute Gasteiger partial charge is 0.461 e. The second-order valence-corrected chi connectivity index (χ2v) is 18.4. The van der Waals surface area contributed by atoms with E-state index in [1.807, 2.05) is 0 Å². The van der Waals surface area contributed by atoms with E-state index in [0.717, 1.165) is 28.2 Å². The molecule has 2 aromatic carbocycles. The Labute approximate surface area is 357 Å². The quantitative estimate of drug-likeness (QED) is 0.236. The lowest BCUT2D eigenvalue weighted by Crippen LogP contribution is -2.62. The third-order valence-corrected chi connectivity index (χ3v) is 11.8. The number of amides is 6. The van der Waals surface area contributed by atoms with E-state index in [4.69, 9.17) is 4.74 Å². The number of benzene rings is 2. The average Bonchev–Trinajstić information content (AvgIpc) is 3.77. The molecule has 17 nitrogen and oxygen atoms in total. The zero-order valence-electron chi connectivity index (χ0n) is 35.2. The zero-order valence-corrected chi connectivity index (χ0v) is 36.0. The minimum atomic E-state index is -3.90. The van der Waals surface area contributed by atoms with Gasteiger partial charge in [0.25, 0.3) is 0 Å². The van der Waals surface area contributed by atoms with E-state index in [9.17, 15) is 55.2 Å². The maximum absolute atomic E-state index is 14.7. The van der Waals surface area contributed by atoms with Gasteiger partial charge in [-0.05, 0) is 73.4 Å². The molecule has 0 saturated carbocycles. The van der Waals surface area contributed by atoms with Gasteiger partial charge >= 0.3 is 5.97 Å². The molecule has 3 aliphatic rings. The number of ether oxygens (including phenoxy) is 1. The zero-order chi connectivity index (χ0) is 45.8. The number of nitrogens with zero attached hydrogens (tertiary/aromatic N) is 3. The van der Waals surface area contributed by atoms with E-state index < -0.39 is 131 Å². The number of aryl methyl sites for hydroxylation is 1. The van der Waals surface area contributed by atoms with E-state index in [1.165, 1.54) is 31.0 Å². The van der Waals surface area contributed by atoms with Crippen LogP contribution in [0.2, 0.25) is 0 Å². The van der Waals surface area contributed by atoms with Gasteiger partial charge in [0.05, 0.1) is 12.7 Å². The van der Waals surface area contributed by atoms with Crippen molar-refractivity contribution in [1.29, 1.82) is 0 Å². The van der Waals surface area contributed by atoms with Gasteiger partial charge in [-0.2, -0.15) is 0 Å². The minimum absolute atomic E-state index is 0.0116. The standard InChI is InChI=1S/C41H52F3N7O10S/c1-21-7-8-26(29(44)9-21)15-35(52)47-30(14-25-12-27(42)16-28(43)13-25)36(53)48-31-20-61-41(58)33-11-23(3)19-51(33)38(55)24(4)46-37(54)34(17-45-62(6,59)60)49(5)40(57)32-10-22(2)18-50(32)39(31)56/h7-9,12-13,16,22-24,30-34,45H,10-11,14-15,17-20H2,1-6H3,(H,46,54)(H,47,52)(H,48,53)/t22?,23-,24+,30+,31+,32+,33+,34+/m1/s1. The molecule has 8 atom stereocenters. The summed E-state index contributed by atoms with van der Waals surface area (Å²) < 4.78 is 75.5. The monoisotopic (exact) mass is 891 g/mol. The summed E-state index contributed by atoms with van der Waals surface area (Å²) in [4.78, 5) is 101. The summed E-state index contributed by atoms with van der Waals surface area (Å²) in [5.41, 5.74) is 0.508. The van der Waals surface area contributed by atoms with E-state index in [2.05, 4.69) is 20.7 Å². The molecule has 0 spiro atoms. The fraction of sp³-hybridized carbons (Fsp3) is 0.537. The lowest BCUT2D eigenvalue weighted by atomic mass is 10.0. The topological polar surface area (TPSA) is 221 Å². The number of esters is 1. The normalized spacial score (nSPS) is 25.8. The summed E-state index contributed by atoms with van der Waals surface area (Å²) >= 11 is 0. The van der Waals surface area contributed by atoms with Crippen molar-refractivity contribution in [3.8, 4) is 0 Å². The lowest BCUT2D eigenvalue weighted by molar-refractivity contribution is -0.158. The first-order valence-electron chi connectivity index (χ1n) is 20.1. The molecule has 4 N–H and O–H groups in total. The van der Waals surface area contributed by atoms with Crippen LogP contribution in [-0.4, -0.2) is 140 Å². The molecule has 3 aliphatic heterocycles. The third-order valence-electron chi connectivity index (χ3n) is 11.1. The Bertz CT molecular complexity index is 2190. The Hall–Kier alpha value is -5.57. The van der Waals surface area contributed by atoms with Crippen molar-refractivity contribution >= 4 is 51.4 Å². The molecule has 3 fully saturated rings. The van der Waals surface area contributed by atoms with Crippen molar-refractivity contribution in [1.82, 2.24) is 35.4 Å². The molecule has 5 rings (SSSR count). The smallest absolute Gasteiger partial charge is 0.328 e. The molecule has 0 bridgehead atoms.